The largest absolute Gasteiger partial charge is 0.492 e. The highest BCUT2D eigenvalue weighted by molar-refractivity contribution is 9.10. The minimum atomic E-state index is 0.698. The van der Waals surface area contributed by atoms with Gasteiger partial charge in [0.15, 0.2) is 0 Å². The number of hydrogen-bond acceptors (Lipinski definition) is 2. The lowest BCUT2D eigenvalue weighted by molar-refractivity contribution is 0.233. The Labute approximate surface area is 129 Å². The zero-order valence-corrected chi connectivity index (χ0v) is 13.6. The van der Waals surface area contributed by atoms with Crippen LogP contribution in [0, 0.1) is 6.92 Å². The lowest BCUT2D eigenvalue weighted by Gasteiger charge is -2.17. The zero-order chi connectivity index (χ0) is 14.4. The van der Waals surface area contributed by atoms with Crippen molar-refractivity contribution in [2.24, 2.45) is 0 Å². The number of ether oxygens (including phenoxy) is 1. The first-order valence-electron chi connectivity index (χ1n) is 6.76. The molecule has 0 aromatic heterocycles. The Balaban J connectivity index is 1.75. The van der Waals surface area contributed by atoms with E-state index >= 15 is 0 Å². The van der Waals surface area contributed by atoms with Crippen LogP contribution in [0.25, 0.3) is 0 Å². The van der Waals surface area contributed by atoms with E-state index in [4.69, 9.17) is 4.74 Å². The standard InChI is InChI=1S/C17H20BrNO/c1-14-4-3-5-15(12-14)13-19(2)10-11-20-17-8-6-16(18)7-9-17/h3-9,12H,10-11,13H2,1-2H3. The monoisotopic (exact) mass is 333 g/mol. The summed E-state index contributed by atoms with van der Waals surface area (Å²) in [4.78, 5) is 2.27. The summed E-state index contributed by atoms with van der Waals surface area (Å²) in [6, 6.07) is 16.6. The van der Waals surface area contributed by atoms with Crippen LogP contribution in [0.5, 0.6) is 5.75 Å². The first-order chi connectivity index (χ1) is 9.63. The molecule has 0 fully saturated rings. The van der Waals surface area contributed by atoms with E-state index in [9.17, 15) is 0 Å². The predicted molar refractivity (Wildman–Crippen MR) is 87.2 cm³/mol. The molecule has 0 atom stereocenters. The summed E-state index contributed by atoms with van der Waals surface area (Å²) in [6.07, 6.45) is 0. The molecule has 0 aliphatic rings. The second-order valence-electron chi connectivity index (χ2n) is 5.03. The summed E-state index contributed by atoms with van der Waals surface area (Å²) < 4.78 is 6.80. The quantitative estimate of drug-likeness (QED) is 0.782. The summed E-state index contributed by atoms with van der Waals surface area (Å²) in [5.74, 6) is 0.914. The molecular formula is C17H20BrNO. The van der Waals surface area contributed by atoms with Crippen molar-refractivity contribution >= 4 is 15.9 Å². The van der Waals surface area contributed by atoms with Crippen molar-refractivity contribution in [1.29, 1.82) is 0 Å². The molecule has 20 heavy (non-hydrogen) atoms. The van der Waals surface area contributed by atoms with Gasteiger partial charge in [0, 0.05) is 17.6 Å². The van der Waals surface area contributed by atoms with Gasteiger partial charge in [-0.1, -0.05) is 45.8 Å². The molecule has 0 aliphatic heterocycles. The van der Waals surface area contributed by atoms with Gasteiger partial charge in [-0.3, -0.25) is 4.90 Å². The summed E-state index contributed by atoms with van der Waals surface area (Å²) >= 11 is 3.42. The Bertz CT molecular complexity index is 539. The highest BCUT2D eigenvalue weighted by Gasteiger charge is 2.01. The van der Waals surface area contributed by atoms with Crippen molar-refractivity contribution in [3.05, 3.63) is 64.1 Å². The van der Waals surface area contributed by atoms with E-state index < -0.39 is 0 Å². The van der Waals surface area contributed by atoms with E-state index in [1.54, 1.807) is 0 Å². The van der Waals surface area contributed by atoms with Crippen molar-refractivity contribution in [2.45, 2.75) is 13.5 Å². The maximum atomic E-state index is 5.73. The first-order valence-corrected chi connectivity index (χ1v) is 7.55. The molecule has 0 N–H and O–H groups in total. The summed E-state index contributed by atoms with van der Waals surface area (Å²) in [5.41, 5.74) is 2.65. The number of aryl methyl sites for hydroxylation is 1. The average Bonchev–Trinajstić information content (AvgIpc) is 2.41. The molecule has 0 radical (unpaired) electrons. The Kier molecular flexibility index (Phi) is 5.62. The minimum Gasteiger partial charge on any atom is -0.492 e. The van der Waals surface area contributed by atoms with Crippen LogP contribution >= 0.6 is 15.9 Å². The highest BCUT2D eigenvalue weighted by Crippen LogP contribution is 2.16. The molecule has 0 saturated carbocycles. The number of nitrogens with zero attached hydrogens (tertiary/aromatic N) is 1. The molecule has 2 nitrogen and oxygen atoms in total. The van der Waals surface area contributed by atoms with Crippen LogP contribution in [0.4, 0.5) is 0 Å². The van der Waals surface area contributed by atoms with E-state index in [-0.39, 0.29) is 0 Å². The molecule has 3 heteroatoms. The van der Waals surface area contributed by atoms with Crippen molar-refractivity contribution in [3.8, 4) is 5.75 Å². The lowest BCUT2D eigenvalue weighted by Crippen LogP contribution is -2.23. The van der Waals surface area contributed by atoms with Crippen LogP contribution in [0.1, 0.15) is 11.1 Å². The van der Waals surface area contributed by atoms with Crippen LogP contribution in [-0.2, 0) is 6.54 Å². The van der Waals surface area contributed by atoms with E-state index in [1.807, 2.05) is 24.3 Å². The molecule has 106 valence electrons. The summed E-state index contributed by atoms with van der Waals surface area (Å²) in [6.45, 7) is 4.68. The van der Waals surface area contributed by atoms with Gasteiger partial charge in [0.1, 0.15) is 12.4 Å². The minimum absolute atomic E-state index is 0.698. The van der Waals surface area contributed by atoms with Gasteiger partial charge >= 0.3 is 0 Å². The first kappa shape index (κ1) is 15.1. The third-order valence-corrected chi connectivity index (χ3v) is 3.62. The van der Waals surface area contributed by atoms with Crippen molar-refractivity contribution in [1.82, 2.24) is 4.90 Å². The van der Waals surface area contributed by atoms with Gasteiger partial charge < -0.3 is 4.74 Å². The molecule has 2 rings (SSSR count). The molecule has 0 saturated heterocycles. The number of rotatable bonds is 6. The predicted octanol–water partition coefficient (Wildman–Crippen LogP) is 4.27. The maximum Gasteiger partial charge on any atom is 0.119 e. The van der Waals surface area contributed by atoms with Gasteiger partial charge in [-0.05, 0) is 43.8 Å². The molecule has 0 heterocycles. The second kappa shape index (κ2) is 7.46. The molecule has 2 aromatic rings. The van der Waals surface area contributed by atoms with Crippen LogP contribution in [-0.4, -0.2) is 25.1 Å². The van der Waals surface area contributed by atoms with Crippen LogP contribution in [0.15, 0.2) is 53.0 Å². The Morgan fingerprint density at radius 3 is 2.55 bits per heavy atom. The molecule has 0 amide bonds. The Morgan fingerprint density at radius 2 is 1.85 bits per heavy atom. The zero-order valence-electron chi connectivity index (χ0n) is 12.0. The van der Waals surface area contributed by atoms with Crippen molar-refractivity contribution < 1.29 is 4.74 Å². The smallest absolute Gasteiger partial charge is 0.119 e. The highest BCUT2D eigenvalue weighted by atomic mass is 79.9. The van der Waals surface area contributed by atoms with E-state index in [2.05, 4.69) is 59.1 Å². The SMILES string of the molecule is Cc1cccc(CN(C)CCOc2ccc(Br)cc2)c1. The fraction of sp³-hybridized carbons (Fsp3) is 0.294. The normalized spacial score (nSPS) is 10.8. The van der Waals surface area contributed by atoms with Gasteiger partial charge in [-0.2, -0.15) is 0 Å². The maximum absolute atomic E-state index is 5.73. The number of hydrogen-bond donors (Lipinski definition) is 0. The van der Waals surface area contributed by atoms with Crippen molar-refractivity contribution in [2.75, 3.05) is 20.2 Å². The van der Waals surface area contributed by atoms with Gasteiger partial charge in [0.2, 0.25) is 0 Å². The molecule has 0 spiro atoms. The third kappa shape index (κ3) is 4.99. The van der Waals surface area contributed by atoms with E-state index in [0.29, 0.717) is 6.61 Å². The van der Waals surface area contributed by atoms with Crippen LogP contribution < -0.4 is 4.74 Å². The Morgan fingerprint density at radius 1 is 1.10 bits per heavy atom. The van der Waals surface area contributed by atoms with Crippen molar-refractivity contribution in [3.63, 3.8) is 0 Å². The second-order valence-corrected chi connectivity index (χ2v) is 5.94. The Hall–Kier alpha value is -1.32. The summed E-state index contributed by atoms with van der Waals surface area (Å²) in [5, 5.41) is 0. The number of benzene rings is 2. The number of halogens is 1. The molecular weight excluding hydrogens is 314 g/mol. The molecule has 0 unspecified atom stereocenters. The molecule has 0 aliphatic carbocycles. The number of likely N-dealkylation sites (N-methyl/N-ethyl adjacent to an activating group) is 1. The van der Waals surface area contributed by atoms with Gasteiger partial charge in [0.25, 0.3) is 0 Å². The van der Waals surface area contributed by atoms with Gasteiger partial charge in [0.05, 0.1) is 0 Å². The summed E-state index contributed by atoms with van der Waals surface area (Å²) in [7, 11) is 2.12. The van der Waals surface area contributed by atoms with Crippen LogP contribution in [0.3, 0.4) is 0 Å². The molecule has 0 bridgehead atoms. The van der Waals surface area contributed by atoms with Gasteiger partial charge in [-0.15, -0.1) is 0 Å². The topological polar surface area (TPSA) is 12.5 Å². The van der Waals surface area contributed by atoms with Crippen LogP contribution in [0.2, 0.25) is 0 Å². The lowest BCUT2D eigenvalue weighted by atomic mass is 10.1. The fourth-order valence-corrected chi connectivity index (χ4v) is 2.32. The fourth-order valence-electron chi connectivity index (χ4n) is 2.05. The molecule has 2 aromatic carbocycles. The van der Waals surface area contributed by atoms with Gasteiger partial charge in [-0.25, -0.2) is 0 Å². The average molecular weight is 334 g/mol. The third-order valence-electron chi connectivity index (χ3n) is 3.09. The van der Waals surface area contributed by atoms with E-state index in [1.165, 1.54) is 11.1 Å². The van der Waals surface area contributed by atoms with E-state index in [0.717, 1.165) is 23.3 Å².